The highest BCUT2D eigenvalue weighted by Crippen LogP contribution is 2.28. The van der Waals surface area contributed by atoms with Crippen LogP contribution >= 0.6 is 11.6 Å². The third-order valence-electron chi connectivity index (χ3n) is 4.82. The Labute approximate surface area is 214 Å². The molecule has 0 aliphatic rings. The zero-order valence-electron chi connectivity index (χ0n) is 20.2. The number of benzene rings is 3. The van der Waals surface area contributed by atoms with Gasteiger partial charge in [0.15, 0.2) is 17.6 Å². The van der Waals surface area contributed by atoms with Crippen LogP contribution in [0.25, 0.3) is 0 Å². The molecule has 188 valence electrons. The third-order valence-corrected chi connectivity index (χ3v) is 5.05. The van der Waals surface area contributed by atoms with Gasteiger partial charge >= 0.3 is 5.97 Å². The fourth-order valence-corrected chi connectivity index (χ4v) is 3.15. The predicted octanol–water partition coefficient (Wildman–Crippen LogP) is 5.27. The molecule has 9 heteroatoms. The molecule has 1 amide bonds. The number of amides is 1. The lowest BCUT2D eigenvalue weighted by Crippen LogP contribution is -2.33. The normalized spacial score (nSPS) is 11.6. The van der Waals surface area contributed by atoms with Gasteiger partial charge < -0.3 is 18.9 Å². The number of esters is 1. The van der Waals surface area contributed by atoms with E-state index in [4.69, 9.17) is 30.5 Å². The van der Waals surface area contributed by atoms with E-state index in [9.17, 15) is 9.59 Å². The summed E-state index contributed by atoms with van der Waals surface area (Å²) in [4.78, 5) is 24.8. The quantitative estimate of drug-likeness (QED) is 0.163. The van der Waals surface area contributed by atoms with Gasteiger partial charge in [0.25, 0.3) is 5.91 Å². The van der Waals surface area contributed by atoms with Crippen LogP contribution in [0.15, 0.2) is 71.8 Å². The molecular formula is C27H27ClN2O6. The molecule has 0 radical (unpaired) electrons. The molecule has 1 atom stereocenters. The summed E-state index contributed by atoms with van der Waals surface area (Å²) in [5.41, 5.74) is 3.42. The van der Waals surface area contributed by atoms with Gasteiger partial charge in [0.05, 0.1) is 25.5 Å². The molecule has 0 aliphatic heterocycles. The minimum absolute atomic E-state index is 0.249. The fraction of sp³-hybridized carbons (Fsp3) is 0.222. The van der Waals surface area contributed by atoms with Crippen LogP contribution in [0.2, 0.25) is 5.02 Å². The Balaban J connectivity index is 1.57. The molecule has 0 saturated heterocycles. The second-order valence-electron chi connectivity index (χ2n) is 7.62. The second-order valence-corrected chi connectivity index (χ2v) is 8.06. The number of hydrazone groups is 1. The van der Waals surface area contributed by atoms with Gasteiger partial charge in [-0.1, -0.05) is 24.6 Å². The Bertz CT molecular complexity index is 1210. The molecule has 0 aliphatic carbocycles. The molecule has 3 aromatic rings. The molecule has 1 unspecified atom stereocenters. The number of nitrogens with zero attached hydrogens (tertiary/aromatic N) is 1. The molecule has 0 aromatic heterocycles. The maximum atomic E-state index is 12.5. The van der Waals surface area contributed by atoms with Gasteiger partial charge in [-0.15, -0.1) is 0 Å². The van der Waals surface area contributed by atoms with Crippen LogP contribution < -0.4 is 24.4 Å². The Morgan fingerprint density at radius 3 is 2.50 bits per heavy atom. The highest BCUT2D eigenvalue weighted by atomic mass is 35.5. The maximum Gasteiger partial charge on any atom is 0.343 e. The van der Waals surface area contributed by atoms with E-state index in [-0.39, 0.29) is 5.75 Å². The molecule has 0 fully saturated rings. The predicted molar refractivity (Wildman–Crippen MR) is 137 cm³/mol. The Morgan fingerprint density at radius 2 is 1.81 bits per heavy atom. The van der Waals surface area contributed by atoms with Crippen molar-refractivity contribution in [3.8, 4) is 23.0 Å². The molecule has 1 N–H and O–H groups in total. The molecule has 36 heavy (non-hydrogen) atoms. The smallest absolute Gasteiger partial charge is 0.343 e. The van der Waals surface area contributed by atoms with E-state index in [0.29, 0.717) is 40.0 Å². The van der Waals surface area contributed by atoms with Gasteiger partial charge in [0.1, 0.15) is 11.5 Å². The van der Waals surface area contributed by atoms with Crippen LogP contribution in [-0.2, 0) is 4.79 Å². The summed E-state index contributed by atoms with van der Waals surface area (Å²) in [6, 6.07) is 18.4. The highest BCUT2D eigenvalue weighted by molar-refractivity contribution is 6.30. The summed E-state index contributed by atoms with van der Waals surface area (Å²) < 4.78 is 21.9. The first kappa shape index (κ1) is 26.6. The highest BCUT2D eigenvalue weighted by Gasteiger charge is 2.15. The van der Waals surface area contributed by atoms with Gasteiger partial charge in [0, 0.05) is 5.02 Å². The average Bonchev–Trinajstić information content (AvgIpc) is 2.88. The number of hydrogen-bond acceptors (Lipinski definition) is 7. The van der Waals surface area contributed by atoms with E-state index in [1.165, 1.54) is 13.3 Å². The van der Waals surface area contributed by atoms with Crippen LogP contribution in [0, 0.1) is 0 Å². The summed E-state index contributed by atoms with van der Waals surface area (Å²) in [6.45, 7) is 4.23. The van der Waals surface area contributed by atoms with E-state index in [2.05, 4.69) is 10.5 Å². The Hall–Kier alpha value is -4.04. The first-order valence-electron chi connectivity index (χ1n) is 11.3. The zero-order chi connectivity index (χ0) is 25.9. The van der Waals surface area contributed by atoms with Crippen molar-refractivity contribution in [1.29, 1.82) is 0 Å². The van der Waals surface area contributed by atoms with Crippen molar-refractivity contribution < 1.29 is 28.5 Å². The van der Waals surface area contributed by atoms with Crippen LogP contribution in [0.1, 0.15) is 36.2 Å². The van der Waals surface area contributed by atoms with Gasteiger partial charge in [-0.2, -0.15) is 5.10 Å². The second kappa shape index (κ2) is 13.2. The summed E-state index contributed by atoms with van der Waals surface area (Å²) in [5, 5.41) is 4.47. The minimum Gasteiger partial charge on any atom is -0.494 e. The molecule has 0 heterocycles. The standard InChI is InChI=1S/C27H27ClN2O6/c1-4-14-34-22-11-9-20(10-12-22)27(32)36-24-13-8-19(15-25(24)33-3)17-29-30-26(31)18(2)35-23-7-5-6-21(28)16-23/h5-13,15-18H,4,14H2,1-3H3,(H,30,31)/b29-17+. The van der Waals surface area contributed by atoms with E-state index in [1.54, 1.807) is 73.7 Å². The molecule has 3 aromatic carbocycles. The average molecular weight is 511 g/mol. The molecule has 0 saturated carbocycles. The lowest BCUT2D eigenvalue weighted by molar-refractivity contribution is -0.127. The fourth-order valence-electron chi connectivity index (χ4n) is 2.97. The zero-order valence-corrected chi connectivity index (χ0v) is 21.0. The molecule has 0 spiro atoms. The number of carbonyl (C=O) groups excluding carboxylic acids is 2. The monoisotopic (exact) mass is 510 g/mol. The molecule has 8 nitrogen and oxygen atoms in total. The van der Waals surface area contributed by atoms with Gasteiger partial charge in [-0.05, 0) is 79.6 Å². The van der Waals surface area contributed by atoms with Gasteiger partial charge in [-0.25, -0.2) is 10.2 Å². The SMILES string of the molecule is CCCOc1ccc(C(=O)Oc2ccc(/C=N/NC(=O)C(C)Oc3cccc(Cl)c3)cc2OC)cc1. The van der Waals surface area contributed by atoms with Crippen molar-refractivity contribution in [3.63, 3.8) is 0 Å². The molecule has 0 bridgehead atoms. The number of carbonyl (C=O) groups is 2. The van der Waals surface area contributed by atoms with Crippen molar-refractivity contribution in [2.45, 2.75) is 26.4 Å². The summed E-state index contributed by atoms with van der Waals surface area (Å²) >= 11 is 5.93. The van der Waals surface area contributed by atoms with E-state index >= 15 is 0 Å². The van der Waals surface area contributed by atoms with Crippen molar-refractivity contribution in [3.05, 3.63) is 82.9 Å². The Morgan fingerprint density at radius 1 is 1.03 bits per heavy atom. The van der Waals surface area contributed by atoms with E-state index < -0.39 is 18.0 Å². The van der Waals surface area contributed by atoms with E-state index in [1.807, 2.05) is 6.92 Å². The number of halogens is 1. The first-order valence-corrected chi connectivity index (χ1v) is 11.7. The van der Waals surface area contributed by atoms with Crippen molar-refractivity contribution >= 4 is 29.7 Å². The number of nitrogens with one attached hydrogen (secondary N) is 1. The number of methoxy groups -OCH3 is 1. The maximum absolute atomic E-state index is 12.5. The number of hydrogen-bond donors (Lipinski definition) is 1. The lowest BCUT2D eigenvalue weighted by atomic mass is 10.2. The largest absolute Gasteiger partial charge is 0.494 e. The number of rotatable bonds is 11. The molecular weight excluding hydrogens is 484 g/mol. The third kappa shape index (κ3) is 7.74. The van der Waals surface area contributed by atoms with Crippen LogP contribution in [-0.4, -0.2) is 37.9 Å². The van der Waals surface area contributed by atoms with Crippen LogP contribution in [0.3, 0.4) is 0 Å². The van der Waals surface area contributed by atoms with Gasteiger partial charge in [0.2, 0.25) is 0 Å². The lowest BCUT2D eigenvalue weighted by Gasteiger charge is -2.13. The number of ether oxygens (including phenoxy) is 4. The molecule has 3 rings (SSSR count). The van der Waals surface area contributed by atoms with Crippen LogP contribution in [0.4, 0.5) is 0 Å². The van der Waals surface area contributed by atoms with Gasteiger partial charge in [-0.3, -0.25) is 4.79 Å². The topological polar surface area (TPSA) is 95.5 Å². The minimum atomic E-state index is -0.788. The van der Waals surface area contributed by atoms with Crippen LogP contribution in [0.5, 0.6) is 23.0 Å². The van der Waals surface area contributed by atoms with Crippen molar-refractivity contribution in [2.24, 2.45) is 5.10 Å². The van der Waals surface area contributed by atoms with Crippen molar-refractivity contribution in [1.82, 2.24) is 5.43 Å². The summed E-state index contributed by atoms with van der Waals surface area (Å²) in [7, 11) is 1.46. The first-order chi connectivity index (χ1) is 17.4. The summed E-state index contributed by atoms with van der Waals surface area (Å²) in [5.74, 6) is 0.780. The summed E-state index contributed by atoms with van der Waals surface area (Å²) in [6.07, 6.45) is 1.55. The van der Waals surface area contributed by atoms with E-state index in [0.717, 1.165) is 6.42 Å². The Kier molecular flexibility index (Phi) is 9.71. The van der Waals surface area contributed by atoms with Crippen molar-refractivity contribution in [2.75, 3.05) is 13.7 Å².